The zero-order valence-corrected chi connectivity index (χ0v) is 26.1. The van der Waals surface area contributed by atoms with Crippen LogP contribution < -0.4 is 18.9 Å². The van der Waals surface area contributed by atoms with E-state index in [4.69, 9.17) is 18.9 Å². The zero-order chi connectivity index (χ0) is 25.5. The molecule has 0 N–H and O–H groups in total. The fraction of sp³-hybridized carbons (Fsp3) is 0.231. The van der Waals surface area contributed by atoms with Crippen LogP contribution in [0.15, 0.2) is 63.1 Å². The van der Waals surface area contributed by atoms with Gasteiger partial charge in [-0.2, -0.15) is 0 Å². The highest BCUT2D eigenvalue weighted by atomic mass is 32.3. The molecule has 0 saturated carbocycles. The Morgan fingerprint density at radius 1 is 0.541 bits per heavy atom. The Bertz CT molecular complexity index is 1340. The first kappa shape index (κ1) is 26.2. The van der Waals surface area contributed by atoms with Gasteiger partial charge in [-0.15, -0.1) is 34.9 Å². The van der Waals surface area contributed by atoms with Crippen LogP contribution in [0.25, 0.3) is 20.9 Å². The van der Waals surface area contributed by atoms with Gasteiger partial charge in [0.2, 0.25) is 0 Å². The second-order valence-corrected chi connectivity index (χ2v) is 16.2. The van der Waals surface area contributed by atoms with Crippen LogP contribution >= 0.6 is 81.9 Å². The van der Waals surface area contributed by atoms with Gasteiger partial charge < -0.3 is 18.9 Å². The van der Waals surface area contributed by atoms with Crippen molar-refractivity contribution in [1.82, 2.24) is 0 Å². The van der Waals surface area contributed by atoms with Crippen molar-refractivity contribution < 1.29 is 18.9 Å². The minimum Gasteiger partial charge on any atom is -0.497 e. The minimum absolute atomic E-state index is 0.779. The second-order valence-electron chi connectivity index (χ2n) is 7.81. The smallest absolute Gasteiger partial charge is 0.131 e. The molecule has 6 rings (SSSR count). The maximum absolute atomic E-state index is 5.82. The van der Waals surface area contributed by atoms with Crippen molar-refractivity contribution in [2.45, 2.75) is 9.79 Å². The first-order valence-electron chi connectivity index (χ1n) is 11.2. The summed E-state index contributed by atoms with van der Waals surface area (Å²) in [6, 6.07) is 12.1. The molecule has 0 amide bonds. The van der Waals surface area contributed by atoms with Gasteiger partial charge in [0.15, 0.2) is 0 Å². The number of fused-ring (bicyclic) bond motifs is 1. The van der Waals surface area contributed by atoms with E-state index in [1.54, 1.807) is 39.8 Å². The molecule has 0 aliphatic carbocycles. The Morgan fingerprint density at radius 3 is 1.43 bits per heavy atom. The molecule has 37 heavy (non-hydrogen) atoms. The van der Waals surface area contributed by atoms with E-state index in [0.717, 1.165) is 34.1 Å². The van der Waals surface area contributed by atoms with Crippen LogP contribution in [0.3, 0.4) is 0 Å². The third kappa shape index (κ3) is 4.90. The SMILES string of the molecule is COc1ccc(-c2sc(-c3ccc(OC)cc3OC)c3c2SC(=C2SC4=C(SCCS4)S2)S3)c(OC)c1. The summed E-state index contributed by atoms with van der Waals surface area (Å²) in [5.74, 6) is 5.55. The van der Waals surface area contributed by atoms with E-state index in [9.17, 15) is 0 Å². The predicted octanol–water partition coefficient (Wildman–Crippen LogP) is 9.53. The summed E-state index contributed by atoms with van der Waals surface area (Å²) in [5, 5.41) is 0. The summed E-state index contributed by atoms with van der Waals surface area (Å²) in [4.78, 5) is 4.95. The summed E-state index contributed by atoms with van der Waals surface area (Å²) in [7, 11) is 6.78. The molecule has 3 aliphatic rings. The number of rotatable bonds is 6. The summed E-state index contributed by atoms with van der Waals surface area (Å²) < 4.78 is 28.2. The van der Waals surface area contributed by atoms with E-state index >= 15 is 0 Å². The van der Waals surface area contributed by atoms with Crippen molar-refractivity contribution in [2.75, 3.05) is 39.9 Å². The lowest BCUT2D eigenvalue weighted by Gasteiger charge is -2.11. The van der Waals surface area contributed by atoms with E-state index in [-0.39, 0.29) is 0 Å². The molecule has 192 valence electrons. The van der Waals surface area contributed by atoms with Crippen LogP contribution in [0.4, 0.5) is 0 Å². The number of hydrogen-bond acceptors (Lipinski definition) is 11. The predicted molar refractivity (Wildman–Crippen MR) is 167 cm³/mol. The lowest BCUT2D eigenvalue weighted by atomic mass is 10.1. The van der Waals surface area contributed by atoms with Gasteiger partial charge >= 0.3 is 0 Å². The van der Waals surface area contributed by atoms with Crippen molar-refractivity contribution in [1.29, 1.82) is 0 Å². The number of thioether (sulfide) groups is 6. The molecule has 1 aromatic heterocycles. The van der Waals surface area contributed by atoms with Crippen LogP contribution in [-0.4, -0.2) is 39.9 Å². The average Bonchev–Trinajstić information content (AvgIpc) is 3.65. The summed E-state index contributed by atoms with van der Waals surface area (Å²) in [6.07, 6.45) is 0. The summed E-state index contributed by atoms with van der Waals surface area (Å²) in [5.41, 5.74) is 2.13. The molecule has 0 atom stereocenters. The van der Waals surface area contributed by atoms with Crippen LogP contribution in [-0.2, 0) is 0 Å². The van der Waals surface area contributed by atoms with Gasteiger partial charge in [0.1, 0.15) is 23.0 Å². The van der Waals surface area contributed by atoms with Gasteiger partial charge in [-0.3, -0.25) is 0 Å². The van der Waals surface area contributed by atoms with Crippen molar-refractivity contribution >= 4 is 81.9 Å². The third-order valence-corrected chi connectivity index (χ3v) is 16.2. The molecule has 4 nitrogen and oxygen atoms in total. The topological polar surface area (TPSA) is 36.9 Å². The maximum Gasteiger partial charge on any atom is 0.131 e. The van der Waals surface area contributed by atoms with E-state index in [2.05, 4.69) is 12.1 Å². The quantitative estimate of drug-likeness (QED) is 0.265. The summed E-state index contributed by atoms with van der Waals surface area (Å²) >= 11 is 13.4. The van der Waals surface area contributed by atoms with Gasteiger partial charge in [0, 0.05) is 44.6 Å². The van der Waals surface area contributed by atoms with Gasteiger partial charge in [-0.1, -0.05) is 47.0 Å². The molecule has 3 aliphatic heterocycles. The molecule has 0 fully saturated rings. The van der Waals surface area contributed by atoms with E-state index in [0.29, 0.717) is 0 Å². The molecular weight excluding hydrogens is 601 g/mol. The average molecular weight is 623 g/mol. The number of thiophene rings is 1. The Balaban J connectivity index is 1.48. The molecule has 0 bridgehead atoms. The lowest BCUT2D eigenvalue weighted by molar-refractivity contribution is 0.395. The maximum atomic E-state index is 5.82. The first-order chi connectivity index (χ1) is 18.1. The number of hydrogen-bond donors (Lipinski definition) is 0. The van der Waals surface area contributed by atoms with Gasteiger partial charge in [-0.05, 0) is 24.3 Å². The monoisotopic (exact) mass is 622 g/mol. The largest absolute Gasteiger partial charge is 0.497 e. The van der Waals surface area contributed by atoms with Crippen molar-refractivity contribution in [3.63, 3.8) is 0 Å². The van der Waals surface area contributed by atoms with Gasteiger partial charge in [0.25, 0.3) is 0 Å². The van der Waals surface area contributed by atoms with Crippen molar-refractivity contribution in [2.24, 2.45) is 0 Å². The Hall–Kier alpha value is -1.08. The Labute approximate surface area is 246 Å². The zero-order valence-electron chi connectivity index (χ0n) is 20.4. The minimum atomic E-state index is 0.779. The normalized spacial score (nSPS) is 16.6. The third-order valence-electron chi connectivity index (χ3n) is 5.77. The van der Waals surface area contributed by atoms with Crippen molar-refractivity contribution in [3.8, 4) is 43.9 Å². The molecule has 4 heterocycles. The van der Waals surface area contributed by atoms with Crippen LogP contribution in [0, 0.1) is 0 Å². The molecule has 11 heteroatoms. The Kier molecular flexibility index (Phi) is 7.91. The lowest BCUT2D eigenvalue weighted by Crippen LogP contribution is -1.90. The number of benzene rings is 2. The first-order valence-corrected chi connectivity index (χ1v) is 17.3. The standard InChI is InChI=1S/C26H22O4S7/c1-27-13-5-7-15(17(11-13)29-3)19-21-22(20(33-19)16-8-6-14(28-2)12-18(16)30-4)35-25(34-21)26-36-23-24(37-26)32-10-9-31-23/h5-8,11-12H,9-10H2,1-4H3. The fourth-order valence-electron chi connectivity index (χ4n) is 4.00. The van der Waals surface area contributed by atoms with Gasteiger partial charge in [0.05, 0.1) is 55.1 Å². The molecule has 0 spiro atoms. The number of ether oxygens (including phenoxy) is 4. The fourth-order valence-corrected chi connectivity index (χ4v) is 14.6. The van der Waals surface area contributed by atoms with Gasteiger partial charge in [-0.25, -0.2) is 0 Å². The van der Waals surface area contributed by atoms with E-state index in [1.807, 2.05) is 94.8 Å². The van der Waals surface area contributed by atoms with E-state index < -0.39 is 0 Å². The highest BCUT2D eigenvalue weighted by molar-refractivity contribution is 8.42. The Morgan fingerprint density at radius 2 is 1.00 bits per heavy atom. The van der Waals surface area contributed by atoms with Crippen LogP contribution in [0.1, 0.15) is 0 Å². The van der Waals surface area contributed by atoms with Crippen LogP contribution in [0.2, 0.25) is 0 Å². The second kappa shape index (κ2) is 11.2. The van der Waals surface area contributed by atoms with E-state index in [1.165, 1.54) is 48.0 Å². The highest BCUT2D eigenvalue weighted by Crippen LogP contribution is 2.69. The molecular formula is C26H22O4S7. The molecule has 0 saturated heterocycles. The molecule has 2 aromatic carbocycles. The highest BCUT2D eigenvalue weighted by Gasteiger charge is 2.35. The molecule has 3 aromatic rings. The molecule has 0 unspecified atom stereocenters. The summed E-state index contributed by atoms with van der Waals surface area (Å²) in [6.45, 7) is 0. The van der Waals surface area contributed by atoms with Crippen LogP contribution in [0.5, 0.6) is 23.0 Å². The number of methoxy groups -OCH3 is 4. The van der Waals surface area contributed by atoms with Crippen molar-refractivity contribution in [3.05, 3.63) is 53.3 Å². The molecule has 0 radical (unpaired) electrons.